The second-order valence-electron chi connectivity index (χ2n) is 8.64. The number of hydrazine groups is 1. The van der Waals surface area contributed by atoms with Crippen molar-refractivity contribution in [2.45, 2.75) is 44.4 Å². The molecule has 2 aliphatic rings. The zero-order valence-corrected chi connectivity index (χ0v) is 18.6. The minimum absolute atomic E-state index is 0.00935. The first-order valence-corrected chi connectivity index (χ1v) is 11.5. The molecule has 1 amide bonds. The van der Waals surface area contributed by atoms with E-state index in [1.165, 1.54) is 0 Å². The van der Waals surface area contributed by atoms with Gasteiger partial charge >= 0.3 is 0 Å². The number of nitrogens with one attached hydrogen (secondary N) is 2. The van der Waals surface area contributed by atoms with Gasteiger partial charge in [-0.2, -0.15) is 0 Å². The summed E-state index contributed by atoms with van der Waals surface area (Å²) < 4.78 is 11.4. The molecule has 2 fully saturated rings. The number of carbonyl (C=O) groups is 1. The third kappa shape index (κ3) is 4.10. The van der Waals surface area contributed by atoms with Gasteiger partial charge in [-0.3, -0.25) is 4.79 Å². The van der Waals surface area contributed by atoms with Crippen LogP contribution >= 0.6 is 0 Å². The average molecular weight is 448 g/mol. The largest absolute Gasteiger partial charge is 0.508 e. The SMILES string of the molecule is CCCCOc1ccc(C2C3C(NNC3c3ccccc3O)C(=O)N2Cc2ccco2)cc1. The first-order chi connectivity index (χ1) is 16.2. The Labute approximate surface area is 193 Å². The lowest BCUT2D eigenvalue weighted by Gasteiger charge is -2.31. The van der Waals surface area contributed by atoms with Crippen LogP contribution in [0.2, 0.25) is 0 Å². The zero-order valence-electron chi connectivity index (χ0n) is 18.6. The maximum atomic E-state index is 13.5. The lowest BCUT2D eigenvalue weighted by atomic mass is 9.83. The van der Waals surface area contributed by atoms with Gasteiger partial charge in [-0.1, -0.05) is 43.7 Å². The van der Waals surface area contributed by atoms with Crippen LogP contribution in [0.25, 0.3) is 0 Å². The Kier molecular flexibility index (Phi) is 6.07. The topological polar surface area (TPSA) is 87.0 Å². The monoisotopic (exact) mass is 447 g/mol. The number of carbonyl (C=O) groups excluding carboxylic acids is 1. The highest BCUT2D eigenvalue weighted by atomic mass is 16.5. The van der Waals surface area contributed by atoms with Crippen molar-refractivity contribution in [1.82, 2.24) is 15.8 Å². The van der Waals surface area contributed by atoms with Gasteiger partial charge in [0.05, 0.1) is 31.5 Å². The molecule has 7 heteroatoms. The van der Waals surface area contributed by atoms with Gasteiger partial charge in [0.15, 0.2) is 0 Å². The molecule has 2 aliphatic heterocycles. The van der Waals surface area contributed by atoms with E-state index in [9.17, 15) is 9.90 Å². The normalized spacial score (nSPS) is 24.3. The number of fused-ring (bicyclic) bond motifs is 1. The van der Waals surface area contributed by atoms with Crippen molar-refractivity contribution in [2.24, 2.45) is 5.92 Å². The zero-order chi connectivity index (χ0) is 22.8. The van der Waals surface area contributed by atoms with Crippen molar-refractivity contribution in [2.75, 3.05) is 6.61 Å². The Balaban J connectivity index is 1.49. The van der Waals surface area contributed by atoms with E-state index >= 15 is 0 Å². The number of ether oxygens (including phenoxy) is 1. The molecule has 0 spiro atoms. The van der Waals surface area contributed by atoms with Crippen LogP contribution in [0, 0.1) is 5.92 Å². The third-order valence-corrected chi connectivity index (χ3v) is 6.58. The van der Waals surface area contributed by atoms with Gasteiger partial charge in [-0.15, -0.1) is 0 Å². The van der Waals surface area contributed by atoms with Crippen LogP contribution in [0.1, 0.15) is 48.7 Å². The molecular weight excluding hydrogens is 418 g/mol. The molecule has 3 N–H and O–H groups in total. The Morgan fingerprint density at radius 1 is 1.03 bits per heavy atom. The van der Waals surface area contributed by atoms with Gasteiger partial charge < -0.3 is 19.2 Å². The maximum absolute atomic E-state index is 13.5. The molecule has 3 heterocycles. The molecule has 2 aromatic carbocycles. The van der Waals surface area contributed by atoms with Crippen LogP contribution in [-0.4, -0.2) is 28.6 Å². The number of phenols is 1. The summed E-state index contributed by atoms with van der Waals surface area (Å²) in [6, 6.07) is 18.2. The molecule has 5 rings (SSSR count). The van der Waals surface area contributed by atoms with E-state index in [0.717, 1.165) is 35.5 Å². The minimum Gasteiger partial charge on any atom is -0.508 e. The van der Waals surface area contributed by atoms with Crippen molar-refractivity contribution >= 4 is 5.91 Å². The van der Waals surface area contributed by atoms with Crippen LogP contribution < -0.4 is 15.6 Å². The van der Waals surface area contributed by atoms with E-state index in [2.05, 4.69) is 17.8 Å². The Morgan fingerprint density at radius 2 is 1.82 bits per heavy atom. The average Bonchev–Trinajstić information content (AvgIpc) is 3.55. The number of para-hydroxylation sites is 1. The van der Waals surface area contributed by atoms with Crippen LogP contribution in [0.4, 0.5) is 0 Å². The Hall–Kier alpha value is -3.29. The van der Waals surface area contributed by atoms with Gasteiger partial charge in [0, 0.05) is 11.5 Å². The molecule has 3 aromatic rings. The number of rotatable bonds is 8. The van der Waals surface area contributed by atoms with Gasteiger partial charge in [0.2, 0.25) is 5.91 Å². The van der Waals surface area contributed by atoms with Crippen LogP contribution in [-0.2, 0) is 11.3 Å². The Morgan fingerprint density at radius 3 is 2.55 bits per heavy atom. The van der Waals surface area contributed by atoms with Gasteiger partial charge in [0.25, 0.3) is 0 Å². The summed E-state index contributed by atoms with van der Waals surface area (Å²) in [5, 5.41) is 10.5. The van der Waals surface area contributed by atoms with Crippen molar-refractivity contribution in [1.29, 1.82) is 0 Å². The number of benzene rings is 2. The standard InChI is InChI=1S/C26H29N3O4/c1-2-3-14-32-18-12-10-17(11-13-18)25-22-23(20-8-4-5-9-21(20)30)27-28-24(22)26(31)29(25)16-19-7-6-15-33-19/h4-13,15,22-25,27-28,30H,2-3,14,16H2,1H3. The summed E-state index contributed by atoms with van der Waals surface area (Å²) >= 11 is 0. The number of hydrogen-bond acceptors (Lipinski definition) is 6. The summed E-state index contributed by atoms with van der Waals surface area (Å²) in [7, 11) is 0. The molecular formula is C26H29N3O4. The molecule has 2 saturated heterocycles. The fourth-order valence-electron chi connectivity index (χ4n) is 4.96. The lowest BCUT2D eigenvalue weighted by Crippen LogP contribution is -2.41. The number of nitrogens with zero attached hydrogens (tertiary/aromatic N) is 1. The molecule has 0 bridgehead atoms. The second-order valence-corrected chi connectivity index (χ2v) is 8.64. The molecule has 172 valence electrons. The van der Waals surface area contributed by atoms with E-state index in [0.29, 0.717) is 13.2 Å². The van der Waals surface area contributed by atoms with Crippen LogP contribution in [0.3, 0.4) is 0 Å². The highest BCUT2D eigenvalue weighted by Crippen LogP contribution is 2.49. The van der Waals surface area contributed by atoms with E-state index < -0.39 is 6.04 Å². The fourth-order valence-corrected chi connectivity index (χ4v) is 4.96. The van der Waals surface area contributed by atoms with Gasteiger partial charge in [-0.25, -0.2) is 10.9 Å². The summed E-state index contributed by atoms with van der Waals surface area (Å²) in [5.41, 5.74) is 8.25. The van der Waals surface area contributed by atoms with Gasteiger partial charge in [0.1, 0.15) is 23.3 Å². The first kappa shape index (κ1) is 21.6. The number of phenolic OH excluding ortho intramolecular Hbond substituents is 1. The van der Waals surface area contributed by atoms with Gasteiger partial charge in [-0.05, 0) is 42.3 Å². The summed E-state index contributed by atoms with van der Waals surface area (Å²) in [5.74, 6) is 1.67. The van der Waals surface area contributed by atoms with Crippen molar-refractivity contribution in [3.63, 3.8) is 0 Å². The molecule has 33 heavy (non-hydrogen) atoms. The highest BCUT2D eigenvalue weighted by molar-refractivity contribution is 5.86. The molecule has 1 aromatic heterocycles. The molecule has 4 atom stereocenters. The predicted molar refractivity (Wildman–Crippen MR) is 123 cm³/mol. The molecule has 0 aliphatic carbocycles. The quantitative estimate of drug-likeness (QED) is 0.451. The lowest BCUT2D eigenvalue weighted by molar-refractivity contribution is -0.131. The molecule has 4 unspecified atom stereocenters. The summed E-state index contributed by atoms with van der Waals surface area (Å²) in [6.45, 7) is 3.21. The van der Waals surface area contributed by atoms with Crippen molar-refractivity contribution < 1.29 is 19.1 Å². The van der Waals surface area contributed by atoms with E-state index in [1.807, 2.05) is 53.4 Å². The summed E-state index contributed by atoms with van der Waals surface area (Å²) in [6.07, 6.45) is 3.72. The molecule has 0 radical (unpaired) electrons. The van der Waals surface area contributed by atoms with Crippen LogP contribution in [0.5, 0.6) is 11.5 Å². The number of aromatic hydroxyl groups is 1. The van der Waals surface area contributed by atoms with E-state index in [-0.39, 0.29) is 29.7 Å². The number of furan rings is 1. The van der Waals surface area contributed by atoms with E-state index in [1.54, 1.807) is 18.4 Å². The van der Waals surface area contributed by atoms with Crippen LogP contribution in [0.15, 0.2) is 71.3 Å². The predicted octanol–water partition coefficient (Wildman–Crippen LogP) is 4.08. The number of unbranched alkanes of at least 4 members (excludes halogenated alkanes) is 1. The smallest absolute Gasteiger partial charge is 0.242 e. The second kappa shape index (κ2) is 9.29. The minimum atomic E-state index is -0.407. The number of likely N-dealkylation sites (tertiary alicyclic amines) is 1. The third-order valence-electron chi connectivity index (χ3n) is 6.58. The van der Waals surface area contributed by atoms with E-state index in [4.69, 9.17) is 9.15 Å². The molecule has 0 saturated carbocycles. The summed E-state index contributed by atoms with van der Waals surface area (Å²) in [4.78, 5) is 15.4. The molecule has 7 nitrogen and oxygen atoms in total. The number of amides is 1. The Bertz CT molecular complexity index is 1080. The van der Waals surface area contributed by atoms with Crippen molar-refractivity contribution in [3.05, 3.63) is 83.8 Å². The first-order valence-electron chi connectivity index (χ1n) is 11.5. The fraction of sp³-hybridized carbons (Fsp3) is 0.346. The van der Waals surface area contributed by atoms with Crippen molar-refractivity contribution in [3.8, 4) is 11.5 Å². The maximum Gasteiger partial charge on any atom is 0.242 e. The highest BCUT2D eigenvalue weighted by Gasteiger charge is 2.55. The number of hydrogen-bond donors (Lipinski definition) is 3.